The fourth-order valence-corrected chi connectivity index (χ4v) is 2.28. The number of nitrogens with one attached hydrogen (secondary N) is 2. The van der Waals surface area contributed by atoms with E-state index in [-0.39, 0.29) is 0 Å². The Morgan fingerprint density at radius 2 is 2.12 bits per heavy atom. The molecule has 0 aliphatic carbocycles. The fourth-order valence-electron chi connectivity index (χ4n) is 1.16. The molecule has 0 bridgehead atoms. The third kappa shape index (κ3) is 7.12. The molecule has 0 radical (unpaired) electrons. The molecule has 2 N–H and O–H groups in total. The van der Waals surface area contributed by atoms with Crippen LogP contribution in [0.15, 0.2) is 12.7 Å². The molecule has 0 aromatic carbocycles. The van der Waals surface area contributed by atoms with Crippen molar-refractivity contribution in [3.8, 4) is 0 Å². The summed E-state index contributed by atoms with van der Waals surface area (Å²) in [6.07, 6.45) is 2.45. The Balaban J connectivity index is 4.16. The van der Waals surface area contributed by atoms with Gasteiger partial charge in [-0.2, -0.15) is 0 Å². The quantitative estimate of drug-likeness (QED) is 0.456. The summed E-state index contributed by atoms with van der Waals surface area (Å²) in [6, 6.07) is 0. The van der Waals surface area contributed by atoms with Gasteiger partial charge in [0.05, 0.1) is 5.25 Å². The predicted octanol–water partition coefficient (Wildman–Crippen LogP) is 0.0915. The minimum atomic E-state index is -3.38. The summed E-state index contributed by atoms with van der Waals surface area (Å²) in [5.74, 6) is -0.869. The summed E-state index contributed by atoms with van der Waals surface area (Å²) in [7, 11) is -3.38. The maximum atomic E-state index is 11.8. The Hall–Kier alpha value is -0.880. The summed E-state index contributed by atoms with van der Waals surface area (Å²) in [5, 5.41) is 4.91. The molecule has 1 atom stereocenters. The van der Waals surface area contributed by atoms with Crippen LogP contribution >= 0.6 is 0 Å². The molecular weight excluding hydrogens is 240 g/mol. The highest BCUT2D eigenvalue weighted by Gasteiger charge is 2.23. The van der Waals surface area contributed by atoms with Crippen molar-refractivity contribution in [1.82, 2.24) is 10.6 Å². The van der Waals surface area contributed by atoms with Crippen molar-refractivity contribution in [2.45, 2.75) is 25.5 Å². The number of hydrogen-bond donors (Lipinski definition) is 2. The monoisotopic (exact) mass is 262 g/mol. The van der Waals surface area contributed by atoms with Crippen LogP contribution in [0, 0.1) is 0 Å². The number of carbonyl (C=O) groups excluding carboxylic acids is 1. The topological polar surface area (TPSA) is 75.3 Å². The van der Waals surface area contributed by atoms with Crippen LogP contribution in [0.3, 0.4) is 0 Å². The first-order valence-corrected chi connectivity index (χ1v) is 7.45. The second-order valence-corrected chi connectivity index (χ2v) is 6.33. The molecule has 0 aliphatic rings. The number of amides is 1. The smallest absolute Gasteiger partial charge is 0.235 e. The van der Waals surface area contributed by atoms with Gasteiger partial charge in [-0.25, -0.2) is 8.42 Å². The van der Waals surface area contributed by atoms with Gasteiger partial charge in [0.25, 0.3) is 0 Å². The van der Waals surface area contributed by atoms with Crippen LogP contribution in [0.5, 0.6) is 0 Å². The van der Waals surface area contributed by atoms with Crippen molar-refractivity contribution in [2.75, 3.05) is 25.4 Å². The van der Waals surface area contributed by atoms with Crippen LogP contribution in [0.4, 0.5) is 0 Å². The van der Waals surface area contributed by atoms with Crippen LogP contribution in [-0.2, 0) is 14.6 Å². The fraction of sp³-hybridized carbons (Fsp3) is 0.727. The molecule has 0 saturated heterocycles. The lowest BCUT2D eigenvalue weighted by Gasteiger charge is -2.13. The first-order valence-electron chi connectivity index (χ1n) is 5.74. The molecule has 0 aliphatic heterocycles. The molecule has 1 amide bonds. The first-order chi connectivity index (χ1) is 7.94. The van der Waals surface area contributed by atoms with Gasteiger partial charge in [-0.3, -0.25) is 4.79 Å². The second-order valence-electron chi connectivity index (χ2n) is 3.91. The largest absolute Gasteiger partial charge is 0.355 e. The maximum Gasteiger partial charge on any atom is 0.235 e. The lowest BCUT2D eigenvalue weighted by molar-refractivity contribution is -0.118. The highest BCUT2D eigenvalue weighted by atomic mass is 32.2. The van der Waals surface area contributed by atoms with E-state index in [4.69, 9.17) is 0 Å². The standard InChI is InChI=1S/C11H22N2O3S/c1-4-6-12-8-10(3)17(15,16)9-11(14)13-7-5-2/h4,10,12H,1,5-9H2,2-3H3,(H,13,14). The van der Waals surface area contributed by atoms with Crippen molar-refractivity contribution in [2.24, 2.45) is 0 Å². The molecule has 0 aromatic rings. The van der Waals surface area contributed by atoms with Gasteiger partial charge in [0, 0.05) is 19.6 Å². The molecule has 0 spiro atoms. The van der Waals surface area contributed by atoms with Gasteiger partial charge in [0.2, 0.25) is 5.91 Å². The zero-order valence-electron chi connectivity index (χ0n) is 10.5. The average Bonchev–Trinajstić information content (AvgIpc) is 2.26. The van der Waals surface area contributed by atoms with Gasteiger partial charge in [-0.1, -0.05) is 13.0 Å². The highest BCUT2D eigenvalue weighted by Crippen LogP contribution is 2.00. The van der Waals surface area contributed by atoms with E-state index in [1.165, 1.54) is 0 Å². The molecule has 0 rings (SSSR count). The lowest BCUT2D eigenvalue weighted by Crippen LogP contribution is -2.38. The van der Waals surface area contributed by atoms with Crippen molar-refractivity contribution >= 4 is 15.7 Å². The number of hydrogen-bond acceptors (Lipinski definition) is 4. The van der Waals surface area contributed by atoms with Gasteiger partial charge in [0.15, 0.2) is 9.84 Å². The molecule has 0 fully saturated rings. The van der Waals surface area contributed by atoms with E-state index < -0.39 is 26.7 Å². The maximum absolute atomic E-state index is 11.8. The third-order valence-corrected chi connectivity index (χ3v) is 4.30. The predicted molar refractivity (Wildman–Crippen MR) is 69.6 cm³/mol. The Morgan fingerprint density at radius 1 is 1.47 bits per heavy atom. The second kappa shape index (κ2) is 8.25. The zero-order valence-corrected chi connectivity index (χ0v) is 11.3. The summed E-state index contributed by atoms with van der Waals surface area (Å²) >= 11 is 0. The van der Waals surface area contributed by atoms with E-state index in [2.05, 4.69) is 17.2 Å². The van der Waals surface area contributed by atoms with E-state index in [1.54, 1.807) is 13.0 Å². The molecule has 0 saturated carbocycles. The van der Waals surface area contributed by atoms with E-state index in [9.17, 15) is 13.2 Å². The van der Waals surface area contributed by atoms with Crippen LogP contribution in [-0.4, -0.2) is 45.0 Å². The molecule has 5 nitrogen and oxygen atoms in total. The van der Waals surface area contributed by atoms with E-state index >= 15 is 0 Å². The normalized spacial score (nSPS) is 13.1. The van der Waals surface area contributed by atoms with Crippen molar-refractivity contribution in [1.29, 1.82) is 0 Å². The number of rotatable bonds is 9. The summed E-state index contributed by atoms with van der Waals surface area (Å²) in [6.45, 7) is 8.43. The third-order valence-electron chi connectivity index (χ3n) is 2.24. The van der Waals surface area contributed by atoms with Gasteiger partial charge in [-0.15, -0.1) is 6.58 Å². The van der Waals surface area contributed by atoms with Gasteiger partial charge in [-0.05, 0) is 13.3 Å². The molecular formula is C11H22N2O3S. The summed E-state index contributed by atoms with van der Waals surface area (Å²) < 4.78 is 23.5. The average molecular weight is 262 g/mol. The van der Waals surface area contributed by atoms with Crippen molar-refractivity contribution in [3.63, 3.8) is 0 Å². The Bertz CT molecular complexity index is 339. The van der Waals surface area contributed by atoms with E-state index in [0.29, 0.717) is 19.6 Å². The van der Waals surface area contributed by atoms with E-state index in [0.717, 1.165) is 6.42 Å². The Kier molecular flexibility index (Phi) is 7.82. The molecule has 100 valence electrons. The Morgan fingerprint density at radius 3 is 2.65 bits per heavy atom. The minimum absolute atomic E-state index is 0.329. The molecule has 1 unspecified atom stereocenters. The summed E-state index contributed by atoms with van der Waals surface area (Å²) in [5.41, 5.74) is 0. The van der Waals surface area contributed by atoms with Gasteiger partial charge >= 0.3 is 0 Å². The molecule has 6 heteroatoms. The lowest BCUT2D eigenvalue weighted by atomic mass is 10.4. The minimum Gasteiger partial charge on any atom is -0.355 e. The molecule has 0 aromatic heterocycles. The highest BCUT2D eigenvalue weighted by molar-refractivity contribution is 7.92. The van der Waals surface area contributed by atoms with Crippen LogP contribution < -0.4 is 10.6 Å². The SMILES string of the molecule is C=CCNCC(C)S(=O)(=O)CC(=O)NCCC. The molecule has 0 heterocycles. The van der Waals surface area contributed by atoms with Crippen LogP contribution in [0.25, 0.3) is 0 Å². The number of carbonyl (C=O) groups is 1. The zero-order chi connectivity index (χ0) is 13.3. The first kappa shape index (κ1) is 16.1. The van der Waals surface area contributed by atoms with Gasteiger partial charge in [0.1, 0.15) is 5.75 Å². The molecule has 17 heavy (non-hydrogen) atoms. The van der Waals surface area contributed by atoms with E-state index in [1.807, 2.05) is 6.92 Å². The van der Waals surface area contributed by atoms with Crippen LogP contribution in [0.1, 0.15) is 20.3 Å². The van der Waals surface area contributed by atoms with Gasteiger partial charge < -0.3 is 10.6 Å². The summed E-state index contributed by atoms with van der Waals surface area (Å²) in [4.78, 5) is 11.3. The van der Waals surface area contributed by atoms with Crippen molar-refractivity contribution < 1.29 is 13.2 Å². The Labute approximate surface area is 104 Å². The van der Waals surface area contributed by atoms with Crippen LogP contribution in [0.2, 0.25) is 0 Å². The van der Waals surface area contributed by atoms with Crippen molar-refractivity contribution in [3.05, 3.63) is 12.7 Å². The number of sulfone groups is 1.